The van der Waals surface area contributed by atoms with Crippen LogP contribution in [0.5, 0.6) is 0 Å². The summed E-state index contributed by atoms with van der Waals surface area (Å²) in [6.45, 7) is 1.85. The number of carbonyl (C=O) groups is 1. The van der Waals surface area contributed by atoms with Crippen molar-refractivity contribution in [3.63, 3.8) is 0 Å². The molecule has 0 saturated heterocycles. The molecule has 16 heavy (non-hydrogen) atoms. The number of thiazole rings is 1. The normalized spacial score (nSPS) is 10.4. The molecular formula is C11H9BrN2OS. The maximum absolute atomic E-state index is 11.9. The van der Waals surface area contributed by atoms with E-state index in [1.165, 1.54) is 11.3 Å². The van der Waals surface area contributed by atoms with Crippen molar-refractivity contribution in [2.75, 3.05) is 0 Å². The molecule has 82 valence electrons. The lowest BCUT2D eigenvalue weighted by Crippen LogP contribution is -2.04. The molecule has 0 unspecified atom stereocenters. The van der Waals surface area contributed by atoms with Gasteiger partial charge in [-0.25, -0.2) is 4.98 Å². The Hall–Kier alpha value is -1.07. The van der Waals surface area contributed by atoms with E-state index in [1.54, 1.807) is 11.7 Å². The Morgan fingerprint density at radius 3 is 2.81 bits per heavy atom. The van der Waals surface area contributed by atoms with Crippen molar-refractivity contribution in [2.45, 2.75) is 13.3 Å². The van der Waals surface area contributed by atoms with Crippen molar-refractivity contribution in [3.8, 4) is 0 Å². The average molecular weight is 297 g/mol. The number of hydrogen-bond acceptors (Lipinski definition) is 4. The zero-order valence-electron chi connectivity index (χ0n) is 8.61. The van der Waals surface area contributed by atoms with Crippen LogP contribution in [0.1, 0.15) is 21.1 Å². The number of aryl methyl sites for hydroxylation is 1. The topological polar surface area (TPSA) is 42.9 Å². The monoisotopic (exact) mass is 296 g/mol. The van der Waals surface area contributed by atoms with Gasteiger partial charge in [0.2, 0.25) is 0 Å². The second-order valence-electron chi connectivity index (χ2n) is 3.33. The Labute approximate surface area is 106 Å². The summed E-state index contributed by atoms with van der Waals surface area (Å²) in [5.41, 5.74) is 3.27. The summed E-state index contributed by atoms with van der Waals surface area (Å²) in [6, 6.07) is 3.73. The van der Waals surface area contributed by atoms with Crippen molar-refractivity contribution >= 4 is 33.0 Å². The van der Waals surface area contributed by atoms with Crippen LogP contribution in [0.2, 0.25) is 0 Å². The van der Waals surface area contributed by atoms with Gasteiger partial charge in [-0.05, 0) is 35.0 Å². The highest BCUT2D eigenvalue weighted by atomic mass is 79.9. The number of nitrogens with zero attached hydrogens (tertiary/aromatic N) is 2. The fourth-order valence-electron chi connectivity index (χ4n) is 1.33. The van der Waals surface area contributed by atoms with E-state index in [9.17, 15) is 4.79 Å². The number of Topliss-reactive ketones (excluding diaryl/α,β-unsaturated/α-hetero) is 1. The lowest BCUT2D eigenvalue weighted by atomic mass is 10.1. The minimum Gasteiger partial charge on any atom is -0.293 e. The molecular weight excluding hydrogens is 288 g/mol. The summed E-state index contributed by atoms with van der Waals surface area (Å²) in [7, 11) is 0. The first-order valence-electron chi connectivity index (χ1n) is 4.70. The van der Waals surface area contributed by atoms with Crippen molar-refractivity contribution in [1.82, 2.24) is 9.97 Å². The third-order valence-corrected chi connectivity index (χ3v) is 3.57. The number of hydrogen-bond donors (Lipinski definition) is 0. The molecule has 0 amide bonds. The summed E-state index contributed by atoms with van der Waals surface area (Å²) in [6.07, 6.45) is 2.03. The number of carbonyl (C=O) groups excluding carboxylic acids is 1. The van der Waals surface area contributed by atoms with Crippen LogP contribution in [0.3, 0.4) is 0 Å². The van der Waals surface area contributed by atoms with Gasteiger partial charge in [0.1, 0.15) is 0 Å². The number of rotatable bonds is 3. The van der Waals surface area contributed by atoms with Gasteiger partial charge in [0.15, 0.2) is 5.78 Å². The molecule has 2 heterocycles. The second kappa shape index (κ2) is 4.84. The zero-order valence-corrected chi connectivity index (χ0v) is 11.0. The van der Waals surface area contributed by atoms with E-state index in [0.717, 1.165) is 20.7 Å². The molecule has 2 aromatic heterocycles. The molecule has 0 N–H and O–H groups in total. The lowest BCUT2D eigenvalue weighted by molar-refractivity contribution is 0.0995. The first-order chi connectivity index (χ1) is 7.66. The van der Waals surface area contributed by atoms with E-state index in [2.05, 4.69) is 25.9 Å². The van der Waals surface area contributed by atoms with Crippen LogP contribution in [-0.4, -0.2) is 15.8 Å². The molecule has 0 fully saturated rings. The molecule has 0 atom stereocenters. The Morgan fingerprint density at radius 1 is 1.44 bits per heavy atom. The highest BCUT2D eigenvalue weighted by Gasteiger charge is 2.12. The van der Waals surface area contributed by atoms with E-state index in [0.29, 0.717) is 6.42 Å². The zero-order chi connectivity index (χ0) is 11.5. The average Bonchev–Trinajstić information content (AvgIpc) is 2.68. The Balaban J connectivity index is 2.14. The van der Waals surface area contributed by atoms with Gasteiger partial charge in [0.05, 0.1) is 22.5 Å². The SMILES string of the molecule is Cc1ncsc1C(=O)Cc1ccc(Br)cn1. The summed E-state index contributed by atoms with van der Waals surface area (Å²) in [5, 5.41) is 0. The molecule has 0 bridgehead atoms. The third-order valence-electron chi connectivity index (χ3n) is 2.13. The predicted molar refractivity (Wildman–Crippen MR) is 66.8 cm³/mol. The van der Waals surface area contributed by atoms with Crippen LogP contribution in [0.25, 0.3) is 0 Å². The van der Waals surface area contributed by atoms with Gasteiger partial charge >= 0.3 is 0 Å². The van der Waals surface area contributed by atoms with Crippen molar-refractivity contribution in [1.29, 1.82) is 0 Å². The van der Waals surface area contributed by atoms with E-state index in [-0.39, 0.29) is 5.78 Å². The predicted octanol–water partition coefficient (Wildman–Crippen LogP) is 3.03. The maximum Gasteiger partial charge on any atom is 0.180 e. The van der Waals surface area contributed by atoms with Gasteiger partial charge in [-0.3, -0.25) is 9.78 Å². The van der Waals surface area contributed by atoms with Gasteiger partial charge in [-0.2, -0.15) is 0 Å². The molecule has 0 aliphatic carbocycles. The van der Waals surface area contributed by atoms with Crippen LogP contribution in [-0.2, 0) is 6.42 Å². The Bertz CT molecular complexity index is 507. The molecule has 2 rings (SSSR count). The lowest BCUT2D eigenvalue weighted by Gasteiger charge is -1.99. The van der Waals surface area contributed by atoms with Crippen LogP contribution >= 0.6 is 27.3 Å². The highest BCUT2D eigenvalue weighted by Crippen LogP contribution is 2.15. The van der Waals surface area contributed by atoms with Gasteiger partial charge < -0.3 is 0 Å². The first kappa shape index (κ1) is 11.4. The Morgan fingerprint density at radius 2 is 2.25 bits per heavy atom. The van der Waals surface area contributed by atoms with E-state index in [1.807, 2.05) is 19.1 Å². The molecule has 0 aliphatic rings. The van der Waals surface area contributed by atoms with Crippen LogP contribution in [0, 0.1) is 6.92 Å². The largest absolute Gasteiger partial charge is 0.293 e. The summed E-state index contributed by atoms with van der Waals surface area (Å²) in [5.74, 6) is 0.0785. The van der Waals surface area contributed by atoms with Gasteiger partial charge in [0, 0.05) is 16.4 Å². The van der Waals surface area contributed by atoms with Crippen LogP contribution in [0.4, 0.5) is 0 Å². The standard InChI is InChI=1S/C11H9BrN2OS/c1-7-11(16-6-14-7)10(15)4-9-3-2-8(12)5-13-9/h2-3,5-6H,4H2,1H3. The number of aromatic nitrogens is 2. The minimum absolute atomic E-state index is 0.0785. The first-order valence-corrected chi connectivity index (χ1v) is 6.38. The third kappa shape index (κ3) is 2.54. The molecule has 0 aromatic carbocycles. The summed E-state index contributed by atoms with van der Waals surface area (Å²) >= 11 is 4.69. The molecule has 5 heteroatoms. The Kier molecular flexibility index (Phi) is 3.46. The van der Waals surface area contributed by atoms with Gasteiger partial charge in [-0.1, -0.05) is 0 Å². The molecule has 0 aliphatic heterocycles. The summed E-state index contributed by atoms with van der Waals surface area (Å²) in [4.78, 5) is 20.9. The van der Waals surface area contributed by atoms with Gasteiger partial charge in [-0.15, -0.1) is 11.3 Å². The second-order valence-corrected chi connectivity index (χ2v) is 5.11. The molecule has 0 spiro atoms. The molecule has 2 aromatic rings. The smallest absolute Gasteiger partial charge is 0.180 e. The van der Waals surface area contributed by atoms with Crippen molar-refractivity contribution < 1.29 is 4.79 Å². The van der Waals surface area contributed by atoms with Gasteiger partial charge in [0.25, 0.3) is 0 Å². The number of halogens is 1. The highest BCUT2D eigenvalue weighted by molar-refractivity contribution is 9.10. The summed E-state index contributed by atoms with van der Waals surface area (Å²) < 4.78 is 0.915. The van der Waals surface area contributed by atoms with Crippen LogP contribution in [0.15, 0.2) is 28.3 Å². The fourth-order valence-corrected chi connectivity index (χ4v) is 2.30. The van der Waals surface area contributed by atoms with E-state index in [4.69, 9.17) is 0 Å². The maximum atomic E-state index is 11.9. The van der Waals surface area contributed by atoms with E-state index >= 15 is 0 Å². The van der Waals surface area contributed by atoms with Crippen molar-refractivity contribution in [3.05, 3.63) is 44.6 Å². The molecule has 3 nitrogen and oxygen atoms in total. The number of pyridine rings is 1. The van der Waals surface area contributed by atoms with Crippen molar-refractivity contribution in [2.24, 2.45) is 0 Å². The fraction of sp³-hybridized carbons (Fsp3) is 0.182. The minimum atomic E-state index is 0.0785. The quantitative estimate of drug-likeness (QED) is 0.818. The molecule has 0 saturated carbocycles. The molecule has 0 radical (unpaired) electrons. The van der Waals surface area contributed by atoms with Crippen LogP contribution < -0.4 is 0 Å². The number of ketones is 1. The van der Waals surface area contributed by atoms with E-state index < -0.39 is 0 Å².